The first-order chi connectivity index (χ1) is 9.52. The first-order valence-electron chi connectivity index (χ1n) is 6.95. The lowest BCUT2D eigenvalue weighted by atomic mass is 10.1. The van der Waals surface area contributed by atoms with Gasteiger partial charge in [-0.05, 0) is 6.42 Å². The van der Waals surface area contributed by atoms with Crippen LogP contribution in [0.2, 0.25) is 0 Å². The molecule has 2 fully saturated rings. The van der Waals surface area contributed by atoms with Crippen LogP contribution in [-0.4, -0.2) is 80.8 Å². The Morgan fingerprint density at radius 3 is 2.80 bits per heavy atom. The molecule has 2 N–H and O–H groups in total. The van der Waals surface area contributed by atoms with E-state index in [-0.39, 0.29) is 49.1 Å². The molecular formula is C12H22N2O5S. The number of nitrogens with one attached hydrogen (secondary N) is 1. The van der Waals surface area contributed by atoms with E-state index in [0.717, 1.165) is 6.54 Å². The van der Waals surface area contributed by atoms with Crippen LogP contribution in [0.1, 0.15) is 12.8 Å². The van der Waals surface area contributed by atoms with Crippen LogP contribution >= 0.6 is 0 Å². The van der Waals surface area contributed by atoms with Crippen molar-refractivity contribution in [2.75, 3.05) is 44.4 Å². The monoisotopic (exact) mass is 306 g/mol. The second kappa shape index (κ2) is 6.84. The molecule has 2 unspecified atom stereocenters. The molecule has 0 radical (unpaired) electrons. The average Bonchev–Trinajstić information content (AvgIpc) is 2.77. The van der Waals surface area contributed by atoms with Crippen LogP contribution in [-0.2, 0) is 19.4 Å². The van der Waals surface area contributed by atoms with Crippen molar-refractivity contribution in [2.45, 2.75) is 25.0 Å². The minimum Gasteiger partial charge on any atom is -0.395 e. The van der Waals surface area contributed by atoms with Gasteiger partial charge < -0.3 is 20.1 Å². The topological polar surface area (TPSA) is 95.9 Å². The Bertz CT molecular complexity index is 433. The highest BCUT2D eigenvalue weighted by molar-refractivity contribution is 7.91. The highest BCUT2D eigenvalue weighted by Crippen LogP contribution is 2.19. The van der Waals surface area contributed by atoms with E-state index in [1.54, 1.807) is 0 Å². The van der Waals surface area contributed by atoms with Crippen LogP contribution in [0.3, 0.4) is 0 Å². The van der Waals surface area contributed by atoms with Crippen molar-refractivity contribution in [3.63, 3.8) is 0 Å². The van der Waals surface area contributed by atoms with E-state index in [0.29, 0.717) is 19.6 Å². The van der Waals surface area contributed by atoms with E-state index in [1.165, 1.54) is 4.90 Å². The van der Waals surface area contributed by atoms with E-state index >= 15 is 0 Å². The Balaban J connectivity index is 1.95. The molecule has 0 saturated carbocycles. The maximum Gasteiger partial charge on any atom is 0.225 e. The summed E-state index contributed by atoms with van der Waals surface area (Å²) in [6.45, 7) is 2.01. The molecule has 0 aromatic heterocycles. The lowest BCUT2D eigenvalue weighted by Gasteiger charge is -2.30. The third kappa shape index (κ3) is 4.15. The molecule has 20 heavy (non-hydrogen) atoms. The molecule has 2 atom stereocenters. The second-order valence-electron chi connectivity index (χ2n) is 5.27. The van der Waals surface area contributed by atoms with Gasteiger partial charge in [0.15, 0.2) is 9.84 Å². The first-order valence-corrected chi connectivity index (χ1v) is 8.77. The Morgan fingerprint density at radius 2 is 2.25 bits per heavy atom. The van der Waals surface area contributed by atoms with Gasteiger partial charge in [-0.1, -0.05) is 0 Å². The van der Waals surface area contributed by atoms with Crippen molar-refractivity contribution >= 4 is 15.7 Å². The van der Waals surface area contributed by atoms with E-state index in [1.807, 2.05) is 0 Å². The number of aliphatic hydroxyl groups excluding tert-OH is 1. The summed E-state index contributed by atoms with van der Waals surface area (Å²) in [5.74, 6) is -0.0218. The minimum atomic E-state index is -3.04. The second-order valence-corrected chi connectivity index (χ2v) is 7.50. The van der Waals surface area contributed by atoms with Gasteiger partial charge in [-0.15, -0.1) is 0 Å². The number of hydrogen-bond donors (Lipinski definition) is 2. The fourth-order valence-corrected chi connectivity index (χ4v) is 4.43. The predicted molar refractivity (Wildman–Crippen MR) is 73.1 cm³/mol. The molecule has 2 saturated heterocycles. The number of carbonyl (C=O) groups is 1. The van der Waals surface area contributed by atoms with Crippen molar-refractivity contribution in [1.29, 1.82) is 0 Å². The summed E-state index contributed by atoms with van der Waals surface area (Å²) in [5.41, 5.74) is 0. The van der Waals surface area contributed by atoms with E-state index in [9.17, 15) is 13.2 Å². The lowest BCUT2D eigenvalue weighted by molar-refractivity contribution is -0.137. The van der Waals surface area contributed by atoms with Crippen LogP contribution in [0.4, 0.5) is 0 Å². The zero-order chi connectivity index (χ0) is 14.6. The first kappa shape index (κ1) is 15.7. The normalized spacial score (nSPS) is 29.2. The highest BCUT2D eigenvalue weighted by atomic mass is 32.2. The van der Waals surface area contributed by atoms with Gasteiger partial charge >= 0.3 is 0 Å². The fourth-order valence-electron chi connectivity index (χ4n) is 2.70. The number of rotatable bonds is 5. The van der Waals surface area contributed by atoms with E-state index in [4.69, 9.17) is 9.84 Å². The van der Waals surface area contributed by atoms with Crippen molar-refractivity contribution in [3.8, 4) is 0 Å². The number of amides is 1. The summed E-state index contributed by atoms with van der Waals surface area (Å²) in [4.78, 5) is 13.8. The third-order valence-corrected chi connectivity index (χ3v) is 5.47. The number of aliphatic hydroxyl groups is 1. The van der Waals surface area contributed by atoms with Crippen LogP contribution in [0.25, 0.3) is 0 Å². The molecule has 116 valence electrons. The molecule has 7 nitrogen and oxygen atoms in total. The molecule has 0 aromatic rings. The fraction of sp³-hybridized carbons (Fsp3) is 0.917. The molecule has 0 aromatic carbocycles. The van der Waals surface area contributed by atoms with Gasteiger partial charge in [0.25, 0.3) is 0 Å². The SMILES string of the molecule is O=C(CC1CNCCO1)N(CCO)C1CCS(=O)(=O)C1. The maximum absolute atomic E-state index is 12.3. The van der Waals surface area contributed by atoms with Gasteiger partial charge in [-0.25, -0.2) is 8.42 Å². The zero-order valence-corrected chi connectivity index (χ0v) is 12.3. The lowest BCUT2D eigenvalue weighted by Crippen LogP contribution is -2.46. The summed E-state index contributed by atoms with van der Waals surface area (Å²) < 4.78 is 28.5. The molecule has 2 rings (SSSR count). The van der Waals surface area contributed by atoms with E-state index in [2.05, 4.69) is 5.32 Å². The molecule has 0 aliphatic carbocycles. The number of hydrogen-bond acceptors (Lipinski definition) is 6. The van der Waals surface area contributed by atoms with E-state index < -0.39 is 9.84 Å². The summed E-state index contributed by atoms with van der Waals surface area (Å²) in [6, 6.07) is -0.309. The molecule has 1 amide bonds. The van der Waals surface area contributed by atoms with Crippen molar-refractivity contribution in [3.05, 3.63) is 0 Å². The predicted octanol–water partition coefficient (Wildman–Crippen LogP) is -1.63. The van der Waals surface area contributed by atoms with Gasteiger partial charge in [0.05, 0.1) is 37.2 Å². The van der Waals surface area contributed by atoms with Crippen molar-refractivity contribution in [1.82, 2.24) is 10.2 Å². The van der Waals surface area contributed by atoms with Gasteiger partial charge in [0.2, 0.25) is 5.91 Å². The zero-order valence-electron chi connectivity index (χ0n) is 11.5. The summed E-state index contributed by atoms with van der Waals surface area (Å²) in [7, 11) is -3.04. The molecule has 2 aliphatic heterocycles. The summed E-state index contributed by atoms with van der Waals surface area (Å²) >= 11 is 0. The van der Waals surface area contributed by atoms with Crippen LogP contribution < -0.4 is 5.32 Å². The molecule has 0 spiro atoms. The maximum atomic E-state index is 12.3. The largest absolute Gasteiger partial charge is 0.395 e. The van der Waals surface area contributed by atoms with Crippen molar-refractivity contribution < 1.29 is 23.1 Å². The van der Waals surface area contributed by atoms with Gasteiger partial charge in [0.1, 0.15) is 0 Å². The minimum absolute atomic E-state index is 0.00249. The number of sulfone groups is 1. The molecule has 0 bridgehead atoms. The Labute approximate surface area is 119 Å². The Morgan fingerprint density at radius 1 is 1.45 bits per heavy atom. The van der Waals surface area contributed by atoms with Crippen molar-refractivity contribution in [2.24, 2.45) is 0 Å². The number of morpholine rings is 1. The molecule has 2 aliphatic rings. The summed E-state index contributed by atoms with van der Waals surface area (Å²) in [5, 5.41) is 12.2. The smallest absolute Gasteiger partial charge is 0.225 e. The van der Waals surface area contributed by atoms with Gasteiger partial charge in [-0.2, -0.15) is 0 Å². The number of carbonyl (C=O) groups excluding carboxylic acids is 1. The summed E-state index contributed by atoms with van der Waals surface area (Å²) in [6.07, 6.45) is 0.511. The Hall–Kier alpha value is -0.700. The van der Waals surface area contributed by atoms with Gasteiger partial charge in [-0.3, -0.25) is 4.79 Å². The number of nitrogens with zero attached hydrogens (tertiary/aromatic N) is 1. The molecule has 8 heteroatoms. The highest BCUT2D eigenvalue weighted by Gasteiger charge is 2.35. The molecular weight excluding hydrogens is 284 g/mol. The third-order valence-electron chi connectivity index (χ3n) is 3.72. The number of ether oxygens (including phenoxy) is 1. The van der Waals surface area contributed by atoms with Crippen LogP contribution in [0, 0.1) is 0 Å². The van der Waals surface area contributed by atoms with Crippen LogP contribution in [0.5, 0.6) is 0 Å². The Kier molecular flexibility index (Phi) is 5.36. The van der Waals surface area contributed by atoms with Crippen LogP contribution in [0.15, 0.2) is 0 Å². The van der Waals surface area contributed by atoms with Gasteiger partial charge in [0, 0.05) is 25.7 Å². The molecule has 2 heterocycles. The quantitative estimate of drug-likeness (QED) is 0.633. The average molecular weight is 306 g/mol. The standard InChI is InChI=1S/C12H22N2O5S/c15-4-3-14(10-1-6-20(17,18)9-10)12(16)7-11-8-13-2-5-19-11/h10-11,13,15H,1-9H2.